The number of aliphatic carboxylic acids is 2. The van der Waals surface area contributed by atoms with E-state index in [1.807, 2.05) is 13.8 Å². The zero-order valence-electron chi connectivity index (χ0n) is 16.4. The van der Waals surface area contributed by atoms with Crippen LogP contribution in [0.1, 0.15) is 60.3 Å². The van der Waals surface area contributed by atoms with Crippen molar-refractivity contribution in [2.45, 2.75) is 77.6 Å². The quantitative estimate of drug-likeness (QED) is 0.644. The summed E-state index contributed by atoms with van der Waals surface area (Å²) in [7, 11) is 0. The highest BCUT2D eigenvalue weighted by atomic mass is 16.5. The van der Waals surface area contributed by atoms with Crippen molar-refractivity contribution in [3.05, 3.63) is 12.7 Å². The summed E-state index contributed by atoms with van der Waals surface area (Å²) in [6.45, 7) is 12.7. The normalized spacial score (nSPS) is 43.4. The van der Waals surface area contributed by atoms with E-state index in [1.54, 1.807) is 26.8 Å². The predicted molar refractivity (Wildman–Crippen MR) is 96.7 cm³/mol. The fourth-order valence-electron chi connectivity index (χ4n) is 5.63. The van der Waals surface area contributed by atoms with Crippen LogP contribution < -0.4 is 0 Å². The Balaban J connectivity index is 2.55. The van der Waals surface area contributed by atoms with E-state index in [1.165, 1.54) is 0 Å². The first-order valence-electron chi connectivity index (χ1n) is 9.20. The lowest BCUT2D eigenvalue weighted by Gasteiger charge is -2.63. The molecule has 0 bridgehead atoms. The number of hydrogen-bond donors (Lipinski definition) is 3. The van der Waals surface area contributed by atoms with E-state index < -0.39 is 40.1 Å². The summed E-state index contributed by atoms with van der Waals surface area (Å²) in [6.07, 6.45) is 2.15. The fourth-order valence-corrected chi connectivity index (χ4v) is 5.63. The molecule has 0 radical (unpaired) electrons. The van der Waals surface area contributed by atoms with Crippen LogP contribution in [0.4, 0.5) is 0 Å². The maximum absolute atomic E-state index is 11.9. The molecular weight excluding hydrogens is 336 g/mol. The first-order chi connectivity index (χ1) is 11.7. The highest BCUT2D eigenvalue weighted by molar-refractivity contribution is 5.75. The molecular formula is C20H32O6. The maximum Gasteiger partial charge on any atom is 0.309 e. The van der Waals surface area contributed by atoms with Crippen molar-refractivity contribution in [2.75, 3.05) is 0 Å². The monoisotopic (exact) mass is 368 g/mol. The third kappa shape index (κ3) is 3.07. The van der Waals surface area contributed by atoms with Gasteiger partial charge in [-0.15, -0.1) is 6.58 Å². The second kappa shape index (κ2) is 6.34. The van der Waals surface area contributed by atoms with Gasteiger partial charge in [-0.3, -0.25) is 9.59 Å². The summed E-state index contributed by atoms with van der Waals surface area (Å²) in [4.78, 5) is 23.6. The Bertz CT molecular complexity index is 613. The molecule has 1 aliphatic heterocycles. The van der Waals surface area contributed by atoms with Gasteiger partial charge in [0.05, 0.1) is 23.5 Å². The lowest BCUT2D eigenvalue weighted by Crippen LogP contribution is -2.66. The van der Waals surface area contributed by atoms with Crippen molar-refractivity contribution in [1.82, 2.24) is 0 Å². The molecule has 0 aromatic heterocycles. The summed E-state index contributed by atoms with van der Waals surface area (Å²) in [5.41, 5.74) is -3.43. The van der Waals surface area contributed by atoms with E-state index in [2.05, 4.69) is 6.58 Å². The number of aliphatic hydroxyl groups is 1. The van der Waals surface area contributed by atoms with E-state index in [0.717, 1.165) is 0 Å². The van der Waals surface area contributed by atoms with Gasteiger partial charge in [0.15, 0.2) is 0 Å². The van der Waals surface area contributed by atoms with Gasteiger partial charge in [-0.1, -0.05) is 13.0 Å². The van der Waals surface area contributed by atoms with Crippen LogP contribution in [-0.4, -0.2) is 44.6 Å². The molecule has 3 N–H and O–H groups in total. The molecule has 1 saturated carbocycles. The first-order valence-corrected chi connectivity index (χ1v) is 9.20. The molecule has 2 rings (SSSR count). The Morgan fingerprint density at radius 2 is 1.85 bits per heavy atom. The average Bonchev–Trinajstić information content (AvgIpc) is 2.48. The molecule has 1 heterocycles. The van der Waals surface area contributed by atoms with Gasteiger partial charge in [0.1, 0.15) is 5.60 Å². The summed E-state index contributed by atoms with van der Waals surface area (Å²) >= 11 is 0. The minimum atomic E-state index is -1.07. The van der Waals surface area contributed by atoms with Crippen LogP contribution in [0.25, 0.3) is 0 Å². The molecule has 1 aliphatic carbocycles. The Morgan fingerprint density at radius 3 is 2.31 bits per heavy atom. The molecule has 6 heteroatoms. The zero-order valence-corrected chi connectivity index (χ0v) is 16.4. The van der Waals surface area contributed by atoms with E-state index in [4.69, 9.17) is 4.74 Å². The summed E-state index contributed by atoms with van der Waals surface area (Å²) in [5, 5.41) is 30.0. The molecule has 6 atom stereocenters. The molecule has 2 aliphatic rings. The largest absolute Gasteiger partial charge is 0.481 e. The van der Waals surface area contributed by atoms with Gasteiger partial charge in [0.25, 0.3) is 0 Å². The van der Waals surface area contributed by atoms with Gasteiger partial charge >= 0.3 is 11.9 Å². The summed E-state index contributed by atoms with van der Waals surface area (Å²) in [6, 6.07) is 0. The number of carbonyl (C=O) groups is 2. The van der Waals surface area contributed by atoms with E-state index in [-0.39, 0.29) is 18.3 Å². The Kier molecular flexibility index (Phi) is 5.10. The van der Waals surface area contributed by atoms with Crippen molar-refractivity contribution in [3.63, 3.8) is 0 Å². The molecule has 1 saturated heterocycles. The molecule has 0 aromatic rings. The van der Waals surface area contributed by atoms with Crippen LogP contribution in [0.2, 0.25) is 0 Å². The van der Waals surface area contributed by atoms with Gasteiger partial charge in [0.2, 0.25) is 0 Å². The highest BCUT2D eigenvalue weighted by Crippen LogP contribution is 2.62. The second-order valence-electron chi connectivity index (χ2n) is 9.30. The van der Waals surface area contributed by atoms with Crippen molar-refractivity contribution in [2.24, 2.45) is 22.7 Å². The summed E-state index contributed by atoms with van der Waals surface area (Å²) < 4.78 is 6.32. The molecule has 0 spiro atoms. The standard InChI is InChI=1S/C20H32O6/c1-7-19(5)14(21)10-13-18(4,11-15(22)23)12(17(2,3)16(24)25)8-9-20(13,6)26-19/h7,12-14,21H,1,8-11H2,2-6H3,(H,22,23)(H,24,25). The van der Waals surface area contributed by atoms with E-state index in [9.17, 15) is 24.9 Å². The van der Waals surface area contributed by atoms with Crippen molar-refractivity contribution in [1.29, 1.82) is 0 Å². The lowest BCUT2D eigenvalue weighted by atomic mass is 9.47. The molecule has 0 aromatic carbocycles. The van der Waals surface area contributed by atoms with Crippen LogP contribution in [0, 0.1) is 22.7 Å². The smallest absolute Gasteiger partial charge is 0.309 e. The van der Waals surface area contributed by atoms with Gasteiger partial charge in [-0.25, -0.2) is 0 Å². The number of carboxylic acid groups (broad SMARTS) is 2. The van der Waals surface area contributed by atoms with Crippen LogP contribution in [0.5, 0.6) is 0 Å². The number of hydrogen-bond acceptors (Lipinski definition) is 4. The van der Waals surface area contributed by atoms with Crippen LogP contribution in [0.3, 0.4) is 0 Å². The van der Waals surface area contributed by atoms with E-state index >= 15 is 0 Å². The topological polar surface area (TPSA) is 104 Å². The molecule has 6 nitrogen and oxygen atoms in total. The Hall–Kier alpha value is -1.40. The average molecular weight is 368 g/mol. The van der Waals surface area contributed by atoms with Crippen LogP contribution in [0.15, 0.2) is 12.7 Å². The number of fused-ring (bicyclic) bond motifs is 1. The van der Waals surface area contributed by atoms with Gasteiger partial charge in [0, 0.05) is 0 Å². The number of carboxylic acids is 2. The SMILES string of the molecule is C=CC1(C)OC2(C)CCC(C(C)(C)C(=O)O)C(C)(CC(=O)O)C2CC1O. The van der Waals surface area contributed by atoms with Crippen molar-refractivity contribution >= 4 is 11.9 Å². The molecule has 6 unspecified atom stereocenters. The van der Waals surface area contributed by atoms with Gasteiger partial charge < -0.3 is 20.1 Å². The number of ether oxygens (including phenoxy) is 1. The van der Waals surface area contributed by atoms with Crippen molar-refractivity contribution in [3.8, 4) is 0 Å². The fraction of sp³-hybridized carbons (Fsp3) is 0.800. The Labute approximate surface area is 155 Å². The lowest BCUT2D eigenvalue weighted by molar-refractivity contribution is -0.277. The first kappa shape index (κ1) is 20.9. The van der Waals surface area contributed by atoms with Gasteiger partial charge in [-0.2, -0.15) is 0 Å². The molecule has 0 amide bonds. The van der Waals surface area contributed by atoms with E-state index in [0.29, 0.717) is 19.3 Å². The Morgan fingerprint density at radius 1 is 1.27 bits per heavy atom. The highest BCUT2D eigenvalue weighted by Gasteiger charge is 2.63. The molecule has 26 heavy (non-hydrogen) atoms. The van der Waals surface area contributed by atoms with Crippen LogP contribution >= 0.6 is 0 Å². The maximum atomic E-state index is 11.9. The van der Waals surface area contributed by atoms with Crippen LogP contribution in [-0.2, 0) is 14.3 Å². The number of rotatable bonds is 5. The summed E-state index contributed by atoms with van der Waals surface area (Å²) in [5.74, 6) is -2.51. The third-order valence-electron chi connectivity index (χ3n) is 7.19. The zero-order chi connectivity index (χ0) is 20.1. The predicted octanol–water partition coefficient (Wildman–Crippen LogP) is 3.09. The molecule has 2 fully saturated rings. The minimum Gasteiger partial charge on any atom is -0.481 e. The van der Waals surface area contributed by atoms with Gasteiger partial charge in [-0.05, 0) is 64.2 Å². The molecule has 148 valence electrons. The minimum absolute atomic E-state index is 0.157. The number of aliphatic hydroxyl groups excluding tert-OH is 1. The van der Waals surface area contributed by atoms with Crippen molar-refractivity contribution < 1.29 is 29.6 Å². The second-order valence-corrected chi connectivity index (χ2v) is 9.30. The third-order valence-corrected chi connectivity index (χ3v) is 7.19.